The van der Waals surface area contributed by atoms with E-state index in [4.69, 9.17) is 16.3 Å². The normalized spacial score (nSPS) is 29.8. The number of carbonyl (C=O) groups is 1. The molecule has 1 aromatic rings. The summed E-state index contributed by atoms with van der Waals surface area (Å²) in [5.74, 6) is 1.27. The van der Waals surface area contributed by atoms with Gasteiger partial charge in [0.2, 0.25) is 0 Å². The van der Waals surface area contributed by atoms with Gasteiger partial charge < -0.3 is 15.4 Å². The van der Waals surface area contributed by atoms with Gasteiger partial charge in [0.1, 0.15) is 5.75 Å². The van der Waals surface area contributed by atoms with E-state index >= 15 is 0 Å². The predicted octanol–water partition coefficient (Wildman–Crippen LogP) is 2.28. The number of carbonyl (C=O) groups excluding carboxylic acids is 1. The van der Waals surface area contributed by atoms with Crippen LogP contribution in [0.2, 0.25) is 0 Å². The van der Waals surface area contributed by atoms with Gasteiger partial charge in [-0.25, -0.2) is 4.79 Å². The number of amides is 2. The van der Waals surface area contributed by atoms with Gasteiger partial charge in [0.15, 0.2) is 5.72 Å². The van der Waals surface area contributed by atoms with E-state index in [2.05, 4.69) is 10.6 Å². The van der Waals surface area contributed by atoms with Gasteiger partial charge in [-0.2, -0.15) is 0 Å². The largest absolute Gasteiger partial charge is 0.468 e. The minimum Gasteiger partial charge on any atom is -0.468 e. The van der Waals surface area contributed by atoms with Crippen LogP contribution in [0, 0.1) is 0 Å². The molecule has 2 N–H and O–H groups in total. The molecule has 5 heteroatoms. The maximum atomic E-state index is 11.5. The summed E-state index contributed by atoms with van der Waals surface area (Å²) in [5.41, 5.74) is 1.43. The number of ether oxygens (including phenoxy) is 1. The first-order valence-electron chi connectivity index (χ1n) is 5.56. The molecule has 90 valence electrons. The van der Waals surface area contributed by atoms with Crippen molar-refractivity contribution in [2.45, 2.75) is 31.0 Å². The molecule has 1 fully saturated rings. The Morgan fingerprint density at radius 2 is 2.41 bits per heavy atom. The lowest BCUT2D eigenvalue weighted by Crippen LogP contribution is -2.62. The fraction of sp³-hybridized carbons (Fsp3) is 0.417. The average molecular weight is 253 g/mol. The maximum Gasteiger partial charge on any atom is 0.318 e. The number of alkyl halides is 1. The molecule has 4 nitrogen and oxygen atoms in total. The van der Waals surface area contributed by atoms with Gasteiger partial charge in [-0.3, -0.25) is 0 Å². The number of nitrogens with one attached hydrogen (secondary N) is 2. The number of halogens is 1. The molecule has 3 rings (SSSR count). The molecule has 1 aromatic carbocycles. The summed E-state index contributed by atoms with van der Waals surface area (Å²) >= 11 is 5.82. The lowest BCUT2D eigenvalue weighted by Gasteiger charge is -2.44. The topological polar surface area (TPSA) is 50.4 Å². The van der Waals surface area contributed by atoms with Crippen LogP contribution in [0.3, 0.4) is 0 Å². The molecule has 0 aliphatic carbocycles. The predicted molar refractivity (Wildman–Crippen MR) is 64.1 cm³/mol. The molecular formula is C12H13ClN2O2. The van der Waals surface area contributed by atoms with Gasteiger partial charge in [0, 0.05) is 17.9 Å². The molecular weight excluding hydrogens is 240 g/mol. The number of hydrogen-bond acceptors (Lipinski definition) is 2. The summed E-state index contributed by atoms with van der Waals surface area (Å²) in [6.45, 7) is 1.89. The van der Waals surface area contributed by atoms with Crippen LogP contribution in [0.4, 0.5) is 4.79 Å². The molecule has 2 bridgehead atoms. The first-order valence-corrected chi connectivity index (χ1v) is 6.09. The second kappa shape index (κ2) is 3.53. The van der Waals surface area contributed by atoms with Gasteiger partial charge in [-0.05, 0) is 24.6 Å². The van der Waals surface area contributed by atoms with E-state index in [1.54, 1.807) is 0 Å². The molecule has 1 saturated heterocycles. The zero-order chi connectivity index (χ0) is 12.0. The van der Waals surface area contributed by atoms with Crippen molar-refractivity contribution in [3.8, 4) is 5.75 Å². The molecule has 2 amide bonds. The van der Waals surface area contributed by atoms with Crippen LogP contribution in [0.25, 0.3) is 0 Å². The molecule has 2 aliphatic rings. The summed E-state index contributed by atoms with van der Waals surface area (Å²) in [6.07, 6.45) is 0.720. The molecule has 2 unspecified atom stereocenters. The summed E-state index contributed by atoms with van der Waals surface area (Å²) in [4.78, 5) is 11.5. The van der Waals surface area contributed by atoms with E-state index in [-0.39, 0.29) is 12.1 Å². The summed E-state index contributed by atoms with van der Waals surface area (Å²) in [7, 11) is 0. The first kappa shape index (κ1) is 10.7. The lowest BCUT2D eigenvalue weighted by molar-refractivity contribution is 0.0118. The molecule has 0 aromatic heterocycles. The third-order valence-corrected chi connectivity index (χ3v) is 3.52. The number of hydrogen-bond donors (Lipinski definition) is 2. The van der Waals surface area contributed by atoms with Gasteiger partial charge in [0.25, 0.3) is 0 Å². The molecule has 0 saturated carbocycles. The second-order valence-electron chi connectivity index (χ2n) is 4.69. The van der Waals surface area contributed by atoms with Crippen molar-refractivity contribution in [3.63, 3.8) is 0 Å². The summed E-state index contributed by atoms with van der Waals surface area (Å²) in [6, 6.07) is 5.67. The Bertz CT molecular complexity index is 491. The Balaban J connectivity index is 2.07. The van der Waals surface area contributed by atoms with Crippen LogP contribution in [0.1, 0.15) is 30.5 Å². The van der Waals surface area contributed by atoms with Gasteiger partial charge in [0.05, 0.1) is 6.04 Å². The van der Waals surface area contributed by atoms with Crippen LogP contribution in [-0.2, 0) is 5.88 Å². The van der Waals surface area contributed by atoms with Crippen molar-refractivity contribution >= 4 is 17.6 Å². The fourth-order valence-electron chi connectivity index (χ4n) is 2.47. The third-order valence-electron chi connectivity index (χ3n) is 3.22. The van der Waals surface area contributed by atoms with Gasteiger partial charge in [-0.15, -0.1) is 11.6 Å². The van der Waals surface area contributed by atoms with Crippen LogP contribution >= 0.6 is 11.6 Å². The zero-order valence-corrected chi connectivity index (χ0v) is 10.2. The third kappa shape index (κ3) is 1.72. The van der Waals surface area contributed by atoms with Crippen LogP contribution in [0.5, 0.6) is 5.75 Å². The highest BCUT2D eigenvalue weighted by atomic mass is 35.5. The minimum absolute atomic E-state index is 0.000617. The average Bonchev–Trinajstić information content (AvgIpc) is 2.27. The van der Waals surface area contributed by atoms with Crippen molar-refractivity contribution in [2.24, 2.45) is 0 Å². The smallest absolute Gasteiger partial charge is 0.318 e. The Morgan fingerprint density at radius 3 is 3.18 bits per heavy atom. The SMILES string of the molecule is CC12CC(NC(=O)N1)c1cc(CCl)ccc1O2. The maximum absolute atomic E-state index is 11.5. The summed E-state index contributed by atoms with van der Waals surface area (Å²) in [5, 5.41) is 5.70. The van der Waals surface area contributed by atoms with Gasteiger partial charge in [-0.1, -0.05) is 6.07 Å². The minimum atomic E-state index is -0.609. The standard InChI is InChI=1S/C12H13ClN2O2/c1-12-5-9(14-11(16)15-12)8-4-7(6-13)2-3-10(8)17-12/h2-4,9H,5-6H2,1H3,(H2,14,15,16). The van der Waals surface area contributed by atoms with E-state index in [1.807, 2.05) is 25.1 Å². The van der Waals surface area contributed by atoms with Crippen molar-refractivity contribution in [1.82, 2.24) is 10.6 Å². The first-order chi connectivity index (χ1) is 8.09. The zero-order valence-electron chi connectivity index (χ0n) is 9.42. The van der Waals surface area contributed by atoms with Crippen LogP contribution in [-0.4, -0.2) is 11.8 Å². The van der Waals surface area contributed by atoms with Crippen molar-refractivity contribution in [3.05, 3.63) is 29.3 Å². The Labute approximate surface area is 104 Å². The van der Waals surface area contributed by atoms with Crippen LogP contribution < -0.4 is 15.4 Å². The quantitative estimate of drug-likeness (QED) is 0.754. The molecule has 0 radical (unpaired) electrons. The number of fused-ring (bicyclic) bond motifs is 4. The van der Waals surface area contributed by atoms with Crippen molar-refractivity contribution in [1.29, 1.82) is 0 Å². The fourth-order valence-corrected chi connectivity index (χ4v) is 2.64. The number of urea groups is 1. The number of rotatable bonds is 1. The molecule has 2 aliphatic heterocycles. The Morgan fingerprint density at radius 1 is 1.59 bits per heavy atom. The lowest BCUT2D eigenvalue weighted by atomic mass is 9.91. The monoisotopic (exact) mass is 252 g/mol. The molecule has 2 atom stereocenters. The highest BCUT2D eigenvalue weighted by Crippen LogP contribution is 2.40. The molecule has 2 heterocycles. The van der Waals surface area contributed by atoms with Crippen molar-refractivity contribution < 1.29 is 9.53 Å². The van der Waals surface area contributed by atoms with Gasteiger partial charge >= 0.3 is 6.03 Å². The molecule has 17 heavy (non-hydrogen) atoms. The summed E-state index contributed by atoms with van der Waals surface area (Å²) < 4.78 is 5.85. The number of benzene rings is 1. The Hall–Kier alpha value is -1.42. The highest BCUT2D eigenvalue weighted by molar-refractivity contribution is 6.17. The highest BCUT2D eigenvalue weighted by Gasteiger charge is 2.43. The van der Waals surface area contributed by atoms with E-state index in [9.17, 15) is 4.79 Å². The van der Waals surface area contributed by atoms with E-state index in [0.717, 1.165) is 23.3 Å². The molecule has 0 spiro atoms. The van der Waals surface area contributed by atoms with E-state index in [1.165, 1.54) is 0 Å². The second-order valence-corrected chi connectivity index (χ2v) is 4.96. The van der Waals surface area contributed by atoms with Crippen molar-refractivity contribution in [2.75, 3.05) is 0 Å². The van der Waals surface area contributed by atoms with E-state index in [0.29, 0.717) is 5.88 Å². The van der Waals surface area contributed by atoms with E-state index < -0.39 is 5.72 Å². The van der Waals surface area contributed by atoms with Crippen LogP contribution in [0.15, 0.2) is 18.2 Å². The Kier molecular flexibility index (Phi) is 2.23.